The minimum Gasteiger partial charge on any atom is -0.497 e. The molecule has 4 rings (SSSR count). The predicted octanol–water partition coefficient (Wildman–Crippen LogP) is 8.15. The van der Waals surface area contributed by atoms with Crippen molar-refractivity contribution in [1.82, 2.24) is 0 Å². The Morgan fingerprint density at radius 1 is 0.583 bits per heavy atom. The fraction of sp³-hybridized carbons (Fsp3) is 0.194. The zero-order valence-corrected chi connectivity index (χ0v) is 23.5. The third-order valence-corrected chi connectivity index (χ3v) is 7.49. The summed E-state index contributed by atoms with van der Waals surface area (Å²) in [5.41, 5.74) is 4.21. The summed E-state index contributed by atoms with van der Waals surface area (Å²) in [7, 11) is 3.32. The molecule has 0 saturated heterocycles. The van der Waals surface area contributed by atoms with Gasteiger partial charge in [0.25, 0.3) is 0 Å². The lowest BCUT2D eigenvalue weighted by molar-refractivity contribution is -0.122. The number of halogens is 2. The maximum Gasteiger partial charge on any atom is 0.148 e. The summed E-state index contributed by atoms with van der Waals surface area (Å²) in [6.07, 6.45) is 1.22. The Balaban J connectivity index is 1.72. The van der Waals surface area contributed by atoms with Gasteiger partial charge in [0.1, 0.15) is 17.3 Å². The molecule has 0 aliphatic carbocycles. The molecule has 2 unspecified atom stereocenters. The van der Waals surface area contributed by atoms with Gasteiger partial charge in [0, 0.05) is 20.8 Å². The normalized spacial score (nSPS) is 12.6. The van der Waals surface area contributed by atoms with Gasteiger partial charge in [-0.15, -0.1) is 0 Å². The van der Waals surface area contributed by atoms with E-state index in [0.29, 0.717) is 12.8 Å². The van der Waals surface area contributed by atoms with Gasteiger partial charge in [-0.2, -0.15) is 0 Å². The second kappa shape index (κ2) is 12.4. The van der Waals surface area contributed by atoms with Gasteiger partial charge in [0.15, 0.2) is 0 Å². The van der Waals surface area contributed by atoms with E-state index in [9.17, 15) is 4.79 Å². The highest BCUT2D eigenvalue weighted by molar-refractivity contribution is 9.10. The molecule has 3 nitrogen and oxygen atoms in total. The minimum atomic E-state index is -0.293. The van der Waals surface area contributed by atoms with Crippen molar-refractivity contribution in [2.24, 2.45) is 0 Å². The van der Waals surface area contributed by atoms with E-state index in [1.807, 2.05) is 97.1 Å². The topological polar surface area (TPSA) is 35.5 Å². The van der Waals surface area contributed by atoms with E-state index >= 15 is 0 Å². The number of rotatable bonds is 10. The fourth-order valence-corrected chi connectivity index (χ4v) is 4.92. The van der Waals surface area contributed by atoms with Gasteiger partial charge >= 0.3 is 0 Å². The third kappa shape index (κ3) is 6.65. The molecule has 0 amide bonds. The van der Waals surface area contributed by atoms with E-state index in [4.69, 9.17) is 9.47 Å². The van der Waals surface area contributed by atoms with Crippen LogP contribution in [0.3, 0.4) is 0 Å². The first kappa shape index (κ1) is 26.2. The molecule has 0 heterocycles. The lowest BCUT2D eigenvalue weighted by Crippen LogP contribution is -2.24. The number of hydrogen-bond donors (Lipinski definition) is 0. The lowest BCUT2D eigenvalue weighted by atomic mass is 9.78. The second-order valence-electron chi connectivity index (χ2n) is 8.72. The van der Waals surface area contributed by atoms with Gasteiger partial charge in [-0.25, -0.2) is 0 Å². The number of hydrogen-bond acceptors (Lipinski definition) is 3. The van der Waals surface area contributed by atoms with Crippen molar-refractivity contribution >= 4 is 37.6 Å². The molecule has 4 aromatic carbocycles. The van der Waals surface area contributed by atoms with Crippen LogP contribution >= 0.6 is 31.9 Å². The van der Waals surface area contributed by atoms with Gasteiger partial charge < -0.3 is 9.47 Å². The smallest absolute Gasteiger partial charge is 0.148 e. The van der Waals surface area contributed by atoms with Crippen molar-refractivity contribution in [1.29, 1.82) is 0 Å². The summed E-state index contributed by atoms with van der Waals surface area (Å²) in [6, 6.07) is 32.1. The SMILES string of the molecule is COc1ccc(CC(C(=O)C(Cc2ccc(OC)cc2)c2ccc(Br)cc2)c2ccc(Br)cc2)cc1. The summed E-state index contributed by atoms with van der Waals surface area (Å²) in [5.74, 6) is 1.22. The molecule has 0 bridgehead atoms. The maximum atomic E-state index is 14.4. The third-order valence-electron chi connectivity index (χ3n) is 6.43. The van der Waals surface area contributed by atoms with E-state index in [1.165, 1.54) is 0 Å². The standard InChI is InChI=1S/C31H28Br2O3/c1-35-27-15-3-21(4-16-27)19-29(23-7-11-25(32)12-8-23)31(34)30(24-9-13-26(33)14-10-24)20-22-5-17-28(36-2)18-6-22/h3-18,29-30H,19-20H2,1-2H3. The number of methoxy groups -OCH3 is 2. The number of carbonyl (C=O) groups is 1. The molecule has 4 aromatic rings. The molecule has 0 radical (unpaired) electrons. The number of ether oxygens (including phenoxy) is 2. The van der Waals surface area contributed by atoms with Gasteiger partial charge in [-0.1, -0.05) is 80.4 Å². The highest BCUT2D eigenvalue weighted by Crippen LogP contribution is 2.34. The van der Waals surface area contributed by atoms with Crippen LogP contribution in [0.15, 0.2) is 106 Å². The molecule has 36 heavy (non-hydrogen) atoms. The zero-order chi connectivity index (χ0) is 25.5. The van der Waals surface area contributed by atoms with Gasteiger partial charge in [0.2, 0.25) is 0 Å². The Bertz CT molecular complexity index is 1160. The van der Waals surface area contributed by atoms with E-state index in [1.54, 1.807) is 14.2 Å². The zero-order valence-electron chi connectivity index (χ0n) is 20.3. The van der Waals surface area contributed by atoms with E-state index in [0.717, 1.165) is 42.7 Å². The summed E-state index contributed by atoms with van der Waals surface area (Å²) >= 11 is 7.06. The molecular formula is C31H28Br2O3. The molecule has 0 aliphatic heterocycles. The maximum absolute atomic E-state index is 14.4. The average Bonchev–Trinajstić information content (AvgIpc) is 2.92. The van der Waals surface area contributed by atoms with Gasteiger partial charge in [0.05, 0.1) is 14.2 Å². The van der Waals surface area contributed by atoms with Crippen LogP contribution in [0.5, 0.6) is 11.5 Å². The summed E-state index contributed by atoms with van der Waals surface area (Å²) < 4.78 is 12.6. The Kier molecular flexibility index (Phi) is 9.00. The van der Waals surface area contributed by atoms with Crippen LogP contribution in [0.4, 0.5) is 0 Å². The molecule has 0 N–H and O–H groups in total. The van der Waals surface area contributed by atoms with Crippen LogP contribution in [0.2, 0.25) is 0 Å². The van der Waals surface area contributed by atoms with Gasteiger partial charge in [-0.3, -0.25) is 4.79 Å². The molecule has 0 spiro atoms. The summed E-state index contributed by atoms with van der Waals surface area (Å²) in [4.78, 5) is 14.4. The highest BCUT2D eigenvalue weighted by Gasteiger charge is 2.30. The molecule has 0 aliphatic rings. The molecule has 0 aromatic heterocycles. The van der Waals surface area contributed by atoms with Crippen LogP contribution in [-0.4, -0.2) is 20.0 Å². The first-order valence-corrected chi connectivity index (χ1v) is 13.4. The first-order valence-electron chi connectivity index (χ1n) is 11.8. The van der Waals surface area contributed by atoms with Gasteiger partial charge in [-0.05, 0) is 83.6 Å². The largest absolute Gasteiger partial charge is 0.497 e. The number of Topliss-reactive ketones (excluding diaryl/α,β-unsaturated/α-hetero) is 1. The van der Waals surface area contributed by atoms with Crippen molar-refractivity contribution in [3.05, 3.63) is 128 Å². The number of carbonyl (C=O) groups excluding carboxylic acids is 1. The van der Waals surface area contributed by atoms with Crippen LogP contribution in [0.25, 0.3) is 0 Å². The molecule has 184 valence electrons. The molecule has 5 heteroatoms. The van der Waals surface area contributed by atoms with Crippen molar-refractivity contribution in [3.8, 4) is 11.5 Å². The van der Waals surface area contributed by atoms with Crippen LogP contribution in [0.1, 0.15) is 34.1 Å². The Morgan fingerprint density at radius 3 is 1.22 bits per heavy atom. The monoisotopic (exact) mass is 606 g/mol. The van der Waals surface area contributed by atoms with E-state index in [2.05, 4.69) is 31.9 Å². The molecular weight excluding hydrogens is 580 g/mol. The molecule has 0 fully saturated rings. The predicted molar refractivity (Wildman–Crippen MR) is 152 cm³/mol. The van der Waals surface area contributed by atoms with Crippen molar-refractivity contribution < 1.29 is 14.3 Å². The second-order valence-corrected chi connectivity index (χ2v) is 10.5. The Hall–Kier alpha value is -2.89. The molecule has 2 atom stereocenters. The van der Waals surface area contributed by atoms with Crippen LogP contribution < -0.4 is 9.47 Å². The first-order chi connectivity index (χ1) is 17.5. The number of benzene rings is 4. The van der Waals surface area contributed by atoms with Crippen LogP contribution in [-0.2, 0) is 17.6 Å². The lowest BCUT2D eigenvalue weighted by Gasteiger charge is -2.24. The highest BCUT2D eigenvalue weighted by atomic mass is 79.9. The van der Waals surface area contributed by atoms with E-state index < -0.39 is 0 Å². The number of ketones is 1. The molecule has 0 saturated carbocycles. The van der Waals surface area contributed by atoms with E-state index in [-0.39, 0.29) is 17.6 Å². The van der Waals surface area contributed by atoms with Crippen molar-refractivity contribution in [2.45, 2.75) is 24.7 Å². The Morgan fingerprint density at radius 2 is 0.917 bits per heavy atom. The minimum absolute atomic E-state index is 0.200. The van der Waals surface area contributed by atoms with Crippen molar-refractivity contribution in [2.75, 3.05) is 14.2 Å². The Labute approximate surface area is 229 Å². The summed E-state index contributed by atoms with van der Waals surface area (Å²) in [5, 5.41) is 0. The average molecular weight is 608 g/mol. The van der Waals surface area contributed by atoms with Crippen LogP contribution in [0, 0.1) is 0 Å². The summed E-state index contributed by atoms with van der Waals surface area (Å²) in [6.45, 7) is 0. The fourth-order valence-electron chi connectivity index (χ4n) is 4.39. The quantitative estimate of drug-likeness (QED) is 0.182. The van der Waals surface area contributed by atoms with Crippen molar-refractivity contribution in [3.63, 3.8) is 0 Å².